The van der Waals surface area contributed by atoms with Crippen LogP contribution in [0.5, 0.6) is 0 Å². The van der Waals surface area contributed by atoms with Gasteiger partial charge in [-0.25, -0.2) is 4.98 Å². The van der Waals surface area contributed by atoms with E-state index in [1.807, 2.05) is 24.3 Å². The molecule has 0 atom stereocenters. The third-order valence-corrected chi connectivity index (χ3v) is 5.85. The third kappa shape index (κ3) is 2.77. The average molecular weight is 350 g/mol. The lowest BCUT2D eigenvalue weighted by Crippen LogP contribution is -2.46. The van der Waals surface area contributed by atoms with Crippen molar-refractivity contribution < 1.29 is 4.52 Å². The fourth-order valence-electron chi connectivity index (χ4n) is 3.36. The SMILES string of the molecule is c1ccc2sc(N3CCN(Cc4noc5ccccc45)CC3)nc2c1. The number of rotatable bonds is 3. The first-order valence-corrected chi connectivity index (χ1v) is 9.35. The fourth-order valence-corrected chi connectivity index (χ4v) is 4.37. The topological polar surface area (TPSA) is 45.4 Å². The van der Waals surface area contributed by atoms with E-state index in [0.717, 1.165) is 60.0 Å². The summed E-state index contributed by atoms with van der Waals surface area (Å²) in [7, 11) is 0. The normalized spacial score (nSPS) is 16.1. The van der Waals surface area contributed by atoms with Crippen LogP contribution in [0.15, 0.2) is 53.1 Å². The van der Waals surface area contributed by atoms with Crippen LogP contribution in [-0.2, 0) is 6.54 Å². The van der Waals surface area contributed by atoms with Crippen molar-refractivity contribution in [3.8, 4) is 0 Å². The molecule has 1 aliphatic rings. The maximum Gasteiger partial charge on any atom is 0.186 e. The molecule has 2 aromatic carbocycles. The Hall–Kier alpha value is -2.44. The van der Waals surface area contributed by atoms with E-state index in [9.17, 15) is 0 Å². The maximum absolute atomic E-state index is 5.42. The van der Waals surface area contributed by atoms with Gasteiger partial charge < -0.3 is 9.42 Å². The molecule has 0 amide bonds. The number of thiazole rings is 1. The van der Waals surface area contributed by atoms with Crippen LogP contribution in [0.2, 0.25) is 0 Å². The first-order valence-electron chi connectivity index (χ1n) is 8.53. The van der Waals surface area contributed by atoms with Gasteiger partial charge >= 0.3 is 0 Å². The molecule has 0 spiro atoms. The van der Waals surface area contributed by atoms with Gasteiger partial charge in [0.05, 0.1) is 10.2 Å². The highest BCUT2D eigenvalue weighted by Crippen LogP contribution is 2.29. The lowest BCUT2D eigenvalue weighted by Gasteiger charge is -2.34. The molecule has 5 rings (SSSR count). The van der Waals surface area contributed by atoms with Crippen LogP contribution >= 0.6 is 11.3 Å². The van der Waals surface area contributed by atoms with Gasteiger partial charge in [-0.15, -0.1) is 0 Å². The number of fused-ring (bicyclic) bond motifs is 2. The highest BCUT2D eigenvalue weighted by Gasteiger charge is 2.21. The van der Waals surface area contributed by atoms with Gasteiger partial charge in [0.2, 0.25) is 0 Å². The Balaban J connectivity index is 1.28. The van der Waals surface area contributed by atoms with Gasteiger partial charge in [0.15, 0.2) is 10.7 Å². The van der Waals surface area contributed by atoms with Gasteiger partial charge in [-0.05, 0) is 24.3 Å². The van der Waals surface area contributed by atoms with Gasteiger partial charge in [0.1, 0.15) is 5.69 Å². The minimum Gasteiger partial charge on any atom is -0.356 e. The van der Waals surface area contributed by atoms with Gasteiger partial charge in [0, 0.05) is 38.1 Å². The van der Waals surface area contributed by atoms with Crippen molar-refractivity contribution in [1.82, 2.24) is 15.0 Å². The van der Waals surface area contributed by atoms with Crippen LogP contribution in [0.25, 0.3) is 21.2 Å². The van der Waals surface area contributed by atoms with E-state index in [0.29, 0.717) is 0 Å². The van der Waals surface area contributed by atoms with Gasteiger partial charge in [-0.3, -0.25) is 4.90 Å². The molecule has 1 aliphatic heterocycles. The summed E-state index contributed by atoms with van der Waals surface area (Å²) in [5, 5.41) is 6.51. The predicted molar refractivity (Wildman–Crippen MR) is 101 cm³/mol. The highest BCUT2D eigenvalue weighted by atomic mass is 32.1. The molecular weight excluding hydrogens is 332 g/mol. The molecule has 0 unspecified atom stereocenters. The van der Waals surface area contributed by atoms with Crippen molar-refractivity contribution in [1.29, 1.82) is 0 Å². The molecule has 0 N–H and O–H groups in total. The maximum atomic E-state index is 5.42. The Morgan fingerprint density at radius 3 is 2.64 bits per heavy atom. The number of hydrogen-bond donors (Lipinski definition) is 0. The van der Waals surface area contributed by atoms with E-state index in [4.69, 9.17) is 9.51 Å². The highest BCUT2D eigenvalue weighted by molar-refractivity contribution is 7.22. The Morgan fingerprint density at radius 1 is 0.960 bits per heavy atom. The lowest BCUT2D eigenvalue weighted by molar-refractivity contribution is 0.243. The third-order valence-electron chi connectivity index (χ3n) is 4.75. The van der Waals surface area contributed by atoms with E-state index in [1.54, 1.807) is 11.3 Å². The van der Waals surface area contributed by atoms with E-state index in [-0.39, 0.29) is 0 Å². The van der Waals surface area contributed by atoms with Crippen molar-refractivity contribution in [3.05, 3.63) is 54.2 Å². The Morgan fingerprint density at radius 2 is 1.76 bits per heavy atom. The van der Waals surface area contributed by atoms with Gasteiger partial charge in [0.25, 0.3) is 0 Å². The van der Waals surface area contributed by atoms with E-state index < -0.39 is 0 Å². The smallest absolute Gasteiger partial charge is 0.186 e. The second-order valence-corrected chi connectivity index (χ2v) is 7.36. The summed E-state index contributed by atoms with van der Waals surface area (Å²) in [6, 6.07) is 16.4. The summed E-state index contributed by atoms with van der Waals surface area (Å²) in [4.78, 5) is 9.61. The van der Waals surface area contributed by atoms with Crippen LogP contribution in [0.3, 0.4) is 0 Å². The van der Waals surface area contributed by atoms with Crippen LogP contribution in [0.1, 0.15) is 5.69 Å². The molecule has 2 aromatic heterocycles. The summed E-state index contributed by atoms with van der Waals surface area (Å²) in [5.41, 5.74) is 2.99. The molecule has 4 aromatic rings. The van der Waals surface area contributed by atoms with Crippen molar-refractivity contribution in [2.75, 3.05) is 31.1 Å². The number of anilines is 1. The second-order valence-electron chi connectivity index (χ2n) is 6.35. The number of para-hydroxylation sites is 2. The zero-order valence-corrected chi connectivity index (χ0v) is 14.6. The van der Waals surface area contributed by atoms with Gasteiger partial charge in [-0.1, -0.05) is 40.8 Å². The molecule has 1 saturated heterocycles. The molecule has 126 valence electrons. The average Bonchev–Trinajstić information content (AvgIpc) is 3.27. The quantitative estimate of drug-likeness (QED) is 0.563. The molecule has 1 fully saturated rings. The molecule has 0 radical (unpaired) electrons. The van der Waals surface area contributed by atoms with Gasteiger partial charge in [-0.2, -0.15) is 0 Å². The van der Waals surface area contributed by atoms with E-state index in [1.165, 1.54) is 4.70 Å². The Bertz CT molecular complexity index is 983. The first-order chi connectivity index (χ1) is 12.4. The molecule has 0 saturated carbocycles. The Labute approximate surface area is 149 Å². The molecular formula is C19H18N4OS. The minimum atomic E-state index is 0.838. The fraction of sp³-hybridized carbons (Fsp3) is 0.263. The largest absolute Gasteiger partial charge is 0.356 e. The summed E-state index contributed by atoms with van der Waals surface area (Å²) < 4.78 is 6.68. The van der Waals surface area contributed by atoms with Crippen molar-refractivity contribution in [2.45, 2.75) is 6.54 Å². The molecule has 5 nitrogen and oxygen atoms in total. The predicted octanol–water partition coefficient (Wildman–Crippen LogP) is 3.76. The summed E-state index contributed by atoms with van der Waals surface area (Å²) in [6.45, 7) is 4.85. The van der Waals surface area contributed by atoms with Crippen LogP contribution < -0.4 is 4.90 Å². The van der Waals surface area contributed by atoms with Crippen LogP contribution in [0, 0.1) is 0 Å². The zero-order valence-electron chi connectivity index (χ0n) is 13.8. The summed E-state index contributed by atoms with van der Waals surface area (Å²) in [6.07, 6.45) is 0. The standard InChI is InChI=1S/C19H18N4OS/c1-3-7-17-14(5-1)16(21-24-17)13-22-9-11-23(12-10-22)19-20-15-6-2-4-8-18(15)25-19/h1-8H,9-13H2. The van der Waals surface area contributed by atoms with Crippen molar-refractivity contribution in [2.24, 2.45) is 0 Å². The zero-order chi connectivity index (χ0) is 16.6. The van der Waals surface area contributed by atoms with E-state index >= 15 is 0 Å². The number of benzene rings is 2. The molecule has 0 aliphatic carbocycles. The molecule has 3 heterocycles. The second kappa shape index (κ2) is 6.13. The summed E-state index contributed by atoms with van der Waals surface area (Å²) >= 11 is 1.78. The first kappa shape index (κ1) is 14.9. The minimum absolute atomic E-state index is 0.838. The number of aromatic nitrogens is 2. The lowest BCUT2D eigenvalue weighted by atomic mass is 10.2. The number of nitrogens with zero attached hydrogens (tertiary/aromatic N) is 4. The van der Waals surface area contributed by atoms with Crippen molar-refractivity contribution >= 4 is 37.7 Å². The van der Waals surface area contributed by atoms with Crippen LogP contribution in [-0.4, -0.2) is 41.2 Å². The Kier molecular flexibility index (Phi) is 3.64. The molecule has 25 heavy (non-hydrogen) atoms. The van der Waals surface area contributed by atoms with Crippen LogP contribution in [0.4, 0.5) is 5.13 Å². The number of piperazine rings is 1. The molecule has 0 bridgehead atoms. The summed E-state index contributed by atoms with van der Waals surface area (Å²) in [5.74, 6) is 0. The monoisotopic (exact) mass is 350 g/mol. The molecule has 6 heteroatoms. The number of hydrogen-bond acceptors (Lipinski definition) is 6. The van der Waals surface area contributed by atoms with E-state index in [2.05, 4.69) is 39.2 Å². The van der Waals surface area contributed by atoms with Crippen molar-refractivity contribution in [3.63, 3.8) is 0 Å².